The molecule has 0 N–H and O–H groups in total. The van der Waals surface area contributed by atoms with Crippen molar-refractivity contribution in [1.29, 1.82) is 0 Å². The molecule has 0 aliphatic heterocycles. The van der Waals surface area contributed by atoms with E-state index in [1.165, 1.54) is 0 Å². The van der Waals surface area contributed by atoms with E-state index in [2.05, 4.69) is 15.9 Å². The van der Waals surface area contributed by atoms with Gasteiger partial charge in [0, 0.05) is 10.4 Å². The van der Waals surface area contributed by atoms with Crippen LogP contribution in [0.2, 0.25) is 0 Å². The highest BCUT2D eigenvalue weighted by molar-refractivity contribution is 9.10. The van der Waals surface area contributed by atoms with Crippen molar-refractivity contribution in [3.05, 3.63) is 34.3 Å². The number of halogens is 1. The van der Waals surface area contributed by atoms with Gasteiger partial charge < -0.3 is 0 Å². The second kappa shape index (κ2) is 2.70. The van der Waals surface area contributed by atoms with E-state index >= 15 is 0 Å². The van der Waals surface area contributed by atoms with E-state index in [1.54, 1.807) is 0 Å². The molecule has 1 aliphatic carbocycles. The molecule has 2 atom stereocenters. The maximum Gasteiger partial charge on any atom is 0.144 e. The minimum absolute atomic E-state index is 0.169. The smallest absolute Gasteiger partial charge is 0.144 e. The Morgan fingerprint density at radius 2 is 2.08 bits per heavy atom. The Hall–Kier alpha value is -0.630. The third kappa shape index (κ3) is 1.20. The van der Waals surface area contributed by atoms with Crippen molar-refractivity contribution in [3.63, 3.8) is 0 Å². The quantitative estimate of drug-likeness (QED) is 0.718. The number of Topliss-reactive ketones (excluding diaryl/α,β-unsaturated/α-hetero) is 1. The molecule has 0 heterocycles. The van der Waals surface area contributed by atoms with Crippen LogP contribution in [0.3, 0.4) is 0 Å². The van der Waals surface area contributed by atoms with Crippen molar-refractivity contribution in [2.24, 2.45) is 5.92 Å². The summed E-state index contributed by atoms with van der Waals surface area (Å²) in [6.07, 6.45) is 0. The predicted octanol–water partition coefficient (Wildman–Crippen LogP) is 2.75. The highest BCUT2D eigenvalue weighted by atomic mass is 79.9. The van der Waals surface area contributed by atoms with Gasteiger partial charge in [0.15, 0.2) is 0 Å². The van der Waals surface area contributed by atoms with Crippen molar-refractivity contribution in [3.8, 4) is 0 Å². The van der Waals surface area contributed by atoms with Crippen molar-refractivity contribution in [1.82, 2.24) is 0 Å². The Morgan fingerprint density at radius 1 is 1.42 bits per heavy atom. The molecule has 0 radical (unpaired) electrons. The first-order valence-electron chi connectivity index (χ1n) is 3.99. The number of benzene rings is 1. The van der Waals surface area contributed by atoms with Crippen LogP contribution in [0, 0.1) is 5.92 Å². The largest absolute Gasteiger partial charge is 0.299 e. The fraction of sp³-hybridized carbons (Fsp3) is 0.300. The maximum atomic E-state index is 11.1. The summed E-state index contributed by atoms with van der Waals surface area (Å²) in [6, 6.07) is 7.97. The normalized spacial score (nSPS) is 27.3. The standard InChI is InChI=1S/C10H9BrO/c1-6-9(10(6)12)7-3-2-4-8(11)5-7/h2-6,9H,1H3/t6?,9-/m1/s1. The van der Waals surface area contributed by atoms with Crippen LogP contribution in [0.25, 0.3) is 0 Å². The number of ketones is 1. The average molecular weight is 225 g/mol. The predicted molar refractivity (Wildman–Crippen MR) is 51.1 cm³/mol. The second-order valence-electron chi connectivity index (χ2n) is 3.22. The summed E-state index contributed by atoms with van der Waals surface area (Å²) >= 11 is 3.39. The lowest BCUT2D eigenvalue weighted by atomic mass is 10.1. The molecule has 0 amide bonds. The van der Waals surface area contributed by atoms with Crippen molar-refractivity contribution in [2.45, 2.75) is 12.8 Å². The Labute approximate surface area is 79.9 Å². The molecule has 0 saturated heterocycles. The van der Waals surface area contributed by atoms with Gasteiger partial charge in [0.05, 0.1) is 5.92 Å². The van der Waals surface area contributed by atoms with Gasteiger partial charge in [-0.15, -0.1) is 0 Å². The van der Waals surface area contributed by atoms with E-state index in [4.69, 9.17) is 0 Å². The van der Waals surface area contributed by atoms with Crippen LogP contribution in [0.4, 0.5) is 0 Å². The number of hydrogen-bond donors (Lipinski definition) is 0. The van der Waals surface area contributed by atoms with Gasteiger partial charge in [0.1, 0.15) is 5.78 Å². The van der Waals surface area contributed by atoms with Crippen LogP contribution in [0.1, 0.15) is 18.4 Å². The van der Waals surface area contributed by atoms with Gasteiger partial charge in [-0.25, -0.2) is 0 Å². The molecule has 1 aliphatic rings. The lowest BCUT2D eigenvalue weighted by Crippen LogP contribution is -1.81. The van der Waals surface area contributed by atoms with Crippen LogP contribution in [-0.4, -0.2) is 5.78 Å². The minimum Gasteiger partial charge on any atom is -0.299 e. The van der Waals surface area contributed by atoms with Gasteiger partial charge >= 0.3 is 0 Å². The zero-order valence-electron chi connectivity index (χ0n) is 6.75. The van der Waals surface area contributed by atoms with Crippen LogP contribution in [-0.2, 0) is 4.79 Å². The average Bonchev–Trinajstić information content (AvgIpc) is 2.60. The van der Waals surface area contributed by atoms with Gasteiger partial charge in [-0.05, 0) is 17.7 Å². The van der Waals surface area contributed by atoms with Crippen molar-refractivity contribution in [2.75, 3.05) is 0 Å². The molecular formula is C10H9BrO. The summed E-state index contributed by atoms with van der Waals surface area (Å²) in [4.78, 5) is 11.1. The molecule has 1 fully saturated rings. The number of rotatable bonds is 1. The van der Waals surface area contributed by atoms with Crippen LogP contribution >= 0.6 is 15.9 Å². The zero-order chi connectivity index (χ0) is 8.72. The van der Waals surface area contributed by atoms with Gasteiger partial charge in [-0.1, -0.05) is 35.0 Å². The molecule has 1 aromatic carbocycles. The van der Waals surface area contributed by atoms with Crippen LogP contribution < -0.4 is 0 Å². The second-order valence-corrected chi connectivity index (χ2v) is 4.14. The molecule has 0 aromatic heterocycles. The molecule has 12 heavy (non-hydrogen) atoms. The summed E-state index contributed by atoms with van der Waals surface area (Å²) in [7, 11) is 0. The lowest BCUT2D eigenvalue weighted by Gasteiger charge is -1.96. The van der Waals surface area contributed by atoms with Crippen LogP contribution in [0.5, 0.6) is 0 Å². The molecule has 0 spiro atoms. The van der Waals surface area contributed by atoms with E-state index in [9.17, 15) is 4.79 Å². The minimum atomic E-state index is 0.169. The van der Waals surface area contributed by atoms with E-state index in [0.29, 0.717) is 5.78 Å². The lowest BCUT2D eigenvalue weighted by molar-refractivity contribution is -0.111. The van der Waals surface area contributed by atoms with Gasteiger partial charge in [0.25, 0.3) is 0 Å². The van der Waals surface area contributed by atoms with Crippen LogP contribution in [0.15, 0.2) is 28.7 Å². The highest BCUT2D eigenvalue weighted by Gasteiger charge is 2.46. The first kappa shape index (κ1) is 7.99. The Kier molecular flexibility index (Phi) is 1.80. The Morgan fingerprint density at radius 3 is 2.58 bits per heavy atom. The summed E-state index contributed by atoms with van der Waals surface area (Å²) < 4.78 is 1.05. The molecule has 0 bridgehead atoms. The Balaban J connectivity index is 2.31. The molecule has 1 saturated carbocycles. The first-order valence-corrected chi connectivity index (χ1v) is 4.78. The number of carbonyl (C=O) groups is 1. The molecule has 1 aromatic rings. The van der Waals surface area contributed by atoms with E-state index in [-0.39, 0.29) is 11.8 Å². The summed E-state index contributed by atoms with van der Waals surface area (Å²) in [6.45, 7) is 1.98. The first-order chi connectivity index (χ1) is 5.70. The fourth-order valence-electron chi connectivity index (χ4n) is 1.52. The van der Waals surface area contributed by atoms with Gasteiger partial charge in [-0.3, -0.25) is 4.79 Å². The van der Waals surface area contributed by atoms with E-state index < -0.39 is 0 Å². The SMILES string of the molecule is CC1C(=O)[C@H]1c1cccc(Br)c1. The molecule has 1 unspecified atom stereocenters. The number of hydrogen-bond acceptors (Lipinski definition) is 1. The van der Waals surface area contributed by atoms with E-state index in [0.717, 1.165) is 10.0 Å². The van der Waals surface area contributed by atoms with Crippen molar-refractivity contribution < 1.29 is 4.79 Å². The third-order valence-electron chi connectivity index (χ3n) is 2.35. The van der Waals surface area contributed by atoms with E-state index in [1.807, 2.05) is 31.2 Å². The zero-order valence-corrected chi connectivity index (χ0v) is 8.34. The van der Waals surface area contributed by atoms with Gasteiger partial charge in [-0.2, -0.15) is 0 Å². The Bertz CT molecular complexity index is 332. The highest BCUT2D eigenvalue weighted by Crippen LogP contribution is 2.42. The molecule has 2 heteroatoms. The summed E-state index contributed by atoms with van der Waals surface area (Å²) in [5.41, 5.74) is 1.14. The molecule has 2 rings (SSSR count). The maximum absolute atomic E-state index is 11.1. The fourth-order valence-corrected chi connectivity index (χ4v) is 1.93. The van der Waals surface area contributed by atoms with Gasteiger partial charge in [0.2, 0.25) is 0 Å². The topological polar surface area (TPSA) is 17.1 Å². The molecular weight excluding hydrogens is 216 g/mol. The summed E-state index contributed by atoms with van der Waals surface area (Å²) in [5, 5.41) is 0. The summed E-state index contributed by atoms with van der Waals surface area (Å²) in [5.74, 6) is 0.773. The van der Waals surface area contributed by atoms with Crippen molar-refractivity contribution >= 4 is 21.7 Å². The molecule has 1 nitrogen and oxygen atoms in total. The third-order valence-corrected chi connectivity index (χ3v) is 2.85. The number of carbonyl (C=O) groups excluding carboxylic acids is 1. The molecule has 62 valence electrons. The monoisotopic (exact) mass is 224 g/mol.